The number of benzene rings is 1. The molecule has 0 aliphatic carbocycles. The van der Waals surface area contributed by atoms with Gasteiger partial charge < -0.3 is 5.11 Å². The minimum absolute atomic E-state index is 0.361. The number of hydrogen-bond acceptors (Lipinski definition) is 3. The Morgan fingerprint density at radius 3 is 2.45 bits per heavy atom. The van der Waals surface area contributed by atoms with Gasteiger partial charge in [0.15, 0.2) is 0 Å². The van der Waals surface area contributed by atoms with E-state index in [1.54, 1.807) is 0 Å². The van der Waals surface area contributed by atoms with E-state index in [0.717, 1.165) is 32.6 Å². The van der Waals surface area contributed by atoms with Crippen LogP contribution in [0.25, 0.3) is 10.6 Å². The quantitative estimate of drug-likeness (QED) is 0.855. The lowest BCUT2D eigenvalue weighted by Crippen LogP contribution is -1.98. The standard InChI is InChI=1S/C15H16BrNO2S/c1-4-5-11-13(15(18)19)20-14(17-11)10-6-8(2)12(16)9(3)7-10/h6-7H,4-5H2,1-3H3,(H,18,19). The van der Waals surface area contributed by atoms with E-state index < -0.39 is 5.97 Å². The lowest BCUT2D eigenvalue weighted by molar-refractivity contribution is 0.0700. The van der Waals surface area contributed by atoms with Crippen molar-refractivity contribution in [2.45, 2.75) is 33.6 Å². The van der Waals surface area contributed by atoms with E-state index in [9.17, 15) is 9.90 Å². The lowest BCUT2D eigenvalue weighted by Gasteiger charge is -2.05. The molecule has 0 amide bonds. The zero-order valence-electron chi connectivity index (χ0n) is 11.7. The Balaban J connectivity index is 2.53. The van der Waals surface area contributed by atoms with Gasteiger partial charge in [-0.1, -0.05) is 29.3 Å². The SMILES string of the molecule is CCCc1nc(-c2cc(C)c(Br)c(C)c2)sc1C(=O)O. The number of carboxylic acids is 1. The highest BCUT2D eigenvalue weighted by molar-refractivity contribution is 9.10. The number of thiazole rings is 1. The first-order valence-corrected chi connectivity index (χ1v) is 8.05. The highest BCUT2D eigenvalue weighted by Gasteiger charge is 2.18. The Morgan fingerprint density at radius 1 is 1.35 bits per heavy atom. The maximum atomic E-state index is 11.3. The molecule has 0 atom stereocenters. The van der Waals surface area contributed by atoms with Crippen LogP contribution in [0, 0.1) is 13.8 Å². The smallest absolute Gasteiger partial charge is 0.347 e. The molecule has 0 fully saturated rings. The van der Waals surface area contributed by atoms with Crippen LogP contribution in [0.2, 0.25) is 0 Å². The van der Waals surface area contributed by atoms with Crippen LogP contribution in [0.3, 0.4) is 0 Å². The van der Waals surface area contributed by atoms with Gasteiger partial charge in [-0.05, 0) is 43.5 Å². The maximum absolute atomic E-state index is 11.3. The predicted octanol–water partition coefficient (Wildman–Crippen LogP) is 4.84. The largest absolute Gasteiger partial charge is 0.477 e. The van der Waals surface area contributed by atoms with Crippen molar-refractivity contribution in [2.75, 3.05) is 0 Å². The van der Waals surface area contributed by atoms with Crippen LogP contribution in [0.1, 0.15) is 39.8 Å². The summed E-state index contributed by atoms with van der Waals surface area (Å²) < 4.78 is 1.09. The van der Waals surface area contributed by atoms with Gasteiger partial charge in [-0.2, -0.15) is 0 Å². The van der Waals surface area contributed by atoms with Gasteiger partial charge >= 0.3 is 5.97 Å². The molecule has 1 aromatic heterocycles. The van der Waals surface area contributed by atoms with E-state index in [4.69, 9.17) is 0 Å². The molecule has 0 spiro atoms. The highest BCUT2D eigenvalue weighted by Crippen LogP contribution is 2.33. The zero-order valence-corrected chi connectivity index (χ0v) is 14.1. The molecule has 0 aliphatic heterocycles. The van der Waals surface area contributed by atoms with Gasteiger partial charge in [0.05, 0.1) is 5.69 Å². The first-order valence-electron chi connectivity index (χ1n) is 6.44. The van der Waals surface area contributed by atoms with Crippen molar-refractivity contribution in [1.82, 2.24) is 4.98 Å². The average Bonchev–Trinajstić information content (AvgIpc) is 2.80. The summed E-state index contributed by atoms with van der Waals surface area (Å²) in [6.45, 7) is 6.08. The Kier molecular flexibility index (Phi) is 4.60. The van der Waals surface area contributed by atoms with Gasteiger partial charge in [-0.15, -0.1) is 11.3 Å². The minimum atomic E-state index is -0.886. The molecule has 0 saturated carbocycles. The number of halogens is 1. The van der Waals surface area contributed by atoms with Crippen LogP contribution in [0.5, 0.6) is 0 Å². The number of aryl methyl sites for hydroxylation is 3. The molecule has 20 heavy (non-hydrogen) atoms. The van der Waals surface area contributed by atoms with Crippen LogP contribution >= 0.6 is 27.3 Å². The molecule has 0 bridgehead atoms. The van der Waals surface area contributed by atoms with Gasteiger partial charge in [0.1, 0.15) is 9.88 Å². The van der Waals surface area contributed by atoms with Crippen molar-refractivity contribution in [2.24, 2.45) is 0 Å². The summed E-state index contributed by atoms with van der Waals surface area (Å²) in [7, 11) is 0. The molecule has 0 radical (unpaired) electrons. The molecule has 1 N–H and O–H groups in total. The zero-order chi connectivity index (χ0) is 14.9. The minimum Gasteiger partial charge on any atom is -0.477 e. The van der Waals surface area contributed by atoms with E-state index in [-0.39, 0.29) is 0 Å². The Morgan fingerprint density at radius 2 is 1.95 bits per heavy atom. The summed E-state index contributed by atoms with van der Waals surface area (Å²) in [6.07, 6.45) is 1.59. The predicted molar refractivity (Wildman–Crippen MR) is 85.7 cm³/mol. The Labute approximate surface area is 130 Å². The fourth-order valence-electron chi connectivity index (χ4n) is 2.12. The molecular weight excluding hydrogens is 338 g/mol. The molecule has 2 aromatic rings. The third-order valence-corrected chi connectivity index (χ3v) is 5.45. The van der Waals surface area contributed by atoms with Crippen LogP contribution in [0.4, 0.5) is 0 Å². The fraction of sp³-hybridized carbons (Fsp3) is 0.333. The van der Waals surface area contributed by atoms with Crippen molar-refractivity contribution < 1.29 is 9.90 Å². The molecule has 0 aliphatic rings. The summed E-state index contributed by atoms with van der Waals surface area (Å²) in [5.74, 6) is -0.886. The summed E-state index contributed by atoms with van der Waals surface area (Å²) in [4.78, 5) is 16.2. The topological polar surface area (TPSA) is 50.2 Å². The van der Waals surface area contributed by atoms with Crippen LogP contribution < -0.4 is 0 Å². The van der Waals surface area contributed by atoms with E-state index >= 15 is 0 Å². The van der Waals surface area contributed by atoms with E-state index in [0.29, 0.717) is 17.0 Å². The number of hydrogen-bond donors (Lipinski definition) is 1. The summed E-state index contributed by atoms with van der Waals surface area (Å²) in [6, 6.07) is 4.08. The van der Waals surface area contributed by atoms with Gasteiger partial charge in [-0.25, -0.2) is 9.78 Å². The number of carboxylic acid groups (broad SMARTS) is 1. The fourth-order valence-corrected chi connectivity index (χ4v) is 3.28. The van der Waals surface area contributed by atoms with E-state index in [2.05, 4.69) is 20.9 Å². The summed E-state index contributed by atoms with van der Waals surface area (Å²) >= 11 is 4.80. The molecule has 2 rings (SSSR count). The second-order valence-electron chi connectivity index (χ2n) is 4.77. The van der Waals surface area contributed by atoms with Crippen LogP contribution in [-0.2, 0) is 6.42 Å². The third kappa shape index (κ3) is 2.94. The van der Waals surface area contributed by atoms with Gasteiger partial charge in [0, 0.05) is 10.0 Å². The molecule has 0 saturated heterocycles. The lowest BCUT2D eigenvalue weighted by atomic mass is 10.1. The van der Waals surface area contributed by atoms with Gasteiger partial charge in [0.25, 0.3) is 0 Å². The first kappa shape index (κ1) is 15.2. The Bertz CT molecular complexity index is 641. The normalized spacial score (nSPS) is 10.8. The molecule has 3 nitrogen and oxygen atoms in total. The number of aromatic carboxylic acids is 1. The monoisotopic (exact) mass is 353 g/mol. The number of aromatic nitrogens is 1. The molecule has 106 valence electrons. The highest BCUT2D eigenvalue weighted by atomic mass is 79.9. The summed E-state index contributed by atoms with van der Waals surface area (Å²) in [5.41, 5.74) is 3.93. The van der Waals surface area contributed by atoms with Gasteiger partial charge in [-0.3, -0.25) is 0 Å². The van der Waals surface area contributed by atoms with Crippen molar-refractivity contribution in [3.8, 4) is 10.6 Å². The number of nitrogens with zero attached hydrogens (tertiary/aromatic N) is 1. The van der Waals surface area contributed by atoms with Crippen molar-refractivity contribution in [3.63, 3.8) is 0 Å². The maximum Gasteiger partial charge on any atom is 0.347 e. The van der Waals surface area contributed by atoms with Crippen molar-refractivity contribution >= 4 is 33.2 Å². The molecule has 0 unspecified atom stereocenters. The number of rotatable bonds is 4. The molecule has 1 heterocycles. The van der Waals surface area contributed by atoms with Crippen molar-refractivity contribution in [1.29, 1.82) is 0 Å². The van der Waals surface area contributed by atoms with Crippen molar-refractivity contribution in [3.05, 3.63) is 38.3 Å². The summed E-state index contributed by atoms with van der Waals surface area (Å²) in [5, 5.41) is 10.1. The second kappa shape index (κ2) is 6.06. The Hall–Kier alpha value is -1.20. The van der Waals surface area contributed by atoms with Crippen LogP contribution in [-0.4, -0.2) is 16.1 Å². The van der Waals surface area contributed by atoms with Gasteiger partial charge in [0.2, 0.25) is 0 Å². The molecular formula is C15H16BrNO2S. The third-order valence-electron chi connectivity index (χ3n) is 3.06. The van der Waals surface area contributed by atoms with Crippen LogP contribution in [0.15, 0.2) is 16.6 Å². The molecule has 5 heteroatoms. The van der Waals surface area contributed by atoms with E-state index in [1.807, 2.05) is 32.9 Å². The first-order chi connectivity index (χ1) is 9.43. The second-order valence-corrected chi connectivity index (χ2v) is 6.57. The average molecular weight is 354 g/mol. The van der Waals surface area contributed by atoms with E-state index in [1.165, 1.54) is 11.3 Å². The molecule has 1 aromatic carbocycles. The number of carbonyl (C=O) groups is 1.